The Bertz CT molecular complexity index is 572. The fourth-order valence-electron chi connectivity index (χ4n) is 3.19. The van der Waals surface area contributed by atoms with Gasteiger partial charge in [-0.25, -0.2) is 0 Å². The van der Waals surface area contributed by atoms with Crippen LogP contribution in [0.25, 0.3) is 0 Å². The van der Waals surface area contributed by atoms with E-state index in [1.165, 1.54) is 4.90 Å². The average Bonchev–Trinajstić information content (AvgIpc) is 2.92. The van der Waals surface area contributed by atoms with Crippen molar-refractivity contribution in [2.24, 2.45) is 5.92 Å². The highest BCUT2D eigenvalue weighted by Crippen LogP contribution is 2.20. The van der Waals surface area contributed by atoms with Gasteiger partial charge in [-0.2, -0.15) is 0 Å². The van der Waals surface area contributed by atoms with Gasteiger partial charge in [0.05, 0.1) is 18.7 Å². The quantitative estimate of drug-likeness (QED) is 0.745. The van der Waals surface area contributed by atoms with Gasteiger partial charge in [0.1, 0.15) is 5.76 Å². The molecule has 1 fully saturated rings. The van der Waals surface area contributed by atoms with E-state index in [0.717, 1.165) is 50.2 Å². The predicted octanol–water partition coefficient (Wildman–Crippen LogP) is 1.57. The predicted molar refractivity (Wildman–Crippen MR) is 93.1 cm³/mol. The van der Waals surface area contributed by atoms with Crippen LogP contribution in [0.4, 0.5) is 0 Å². The first kappa shape index (κ1) is 19.4. The highest BCUT2D eigenvalue weighted by atomic mass is 16.5. The number of carbonyl (C=O) groups is 2. The summed E-state index contributed by atoms with van der Waals surface area (Å²) in [5.74, 6) is 1.20. The molecule has 1 aliphatic rings. The molecule has 2 rings (SSSR count). The van der Waals surface area contributed by atoms with Crippen LogP contribution >= 0.6 is 0 Å². The van der Waals surface area contributed by atoms with Crippen LogP contribution in [0, 0.1) is 19.8 Å². The van der Waals surface area contributed by atoms with E-state index in [0.29, 0.717) is 11.7 Å². The number of likely N-dealkylation sites (N-methyl/N-ethyl adjacent to an activating group) is 1. The summed E-state index contributed by atoms with van der Waals surface area (Å²) in [6.45, 7) is 6.03. The highest BCUT2D eigenvalue weighted by Gasteiger charge is 2.25. The standard InChI is InChI=1S/C18H29N3O4/c1-13-16(14(2)25-19-13)11-17(22)20(3)12-18(23)21-8-5-15(6-9-21)7-10-24-4/h15H,5-12H2,1-4H3. The van der Waals surface area contributed by atoms with Gasteiger partial charge in [-0.3, -0.25) is 9.59 Å². The number of aromatic nitrogens is 1. The number of aryl methyl sites for hydroxylation is 2. The van der Waals surface area contributed by atoms with Crippen molar-refractivity contribution in [1.29, 1.82) is 0 Å². The number of nitrogens with zero attached hydrogens (tertiary/aromatic N) is 3. The molecule has 1 aromatic rings. The molecule has 0 unspecified atom stereocenters. The molecule has 140 valence electrons. The van der Waals surface area contributed by atoms with Crippen molar-refractivity contribution in [2.45, 2.75) is 39.5 Å². The molecule has 0 N–H and O–H groups in total. The van der Waals surface area contributed by atoms with Crippen molar-refractivity contribution in [1.82, 2.24) is 15.0 Å². The molecule has 1 aromatic heterocycles. The molecule has 1 aliphatic heterocycles. The Hall–Kier alpha value is -1.89. The van der Waals surface area contributed by atoms with Crippen molar-refractivity contribution in [3.63, 3.8) is 0 Å². The van der Waals surface area contributed by atoms with Crippen LogP contribution in [0.5, 0.6) is 0 Å². The smallest absolute Gasteiger partial charge is 0.242 e. The molecular formula is C18H29N3O4. The number of likely N-dealkylation sites (tertiary alicyclic amines) is 1. The van der Waals surface area contributed by atoms with Crippen LogP contribution < -0.4 is 0 Å². The zero-order valence-electron chi connectivity index (χ0n) is 15.7. The number of carbonyl (C=O) groups excluding carboxylic acids is 2. The normalized spacial score (nSPS) is 15.4. The van der Waals surface area contributed by atoms with Gasteiger partial charge >= 0.3 is 0 Å². The molecule has 0 radical (unpaired) electrons. The second-order valence-corrected chi connectivity index (χ2v) is 6.83. The molecule has 0 atom stereocenters. The van der Waals surface area contributed by atoms with Gasteiger partial charge in [-0.05, 0) is 39.0 Å². The van der Waals surface area contributed by atoms with Gasteiger partial charge in [0, 0.05) is 39.4 Å². The van der Waals surface area contributed by atoms with Crippen molar-refractivity contribution in [3.05, 3.63) is 17.0 Å². The Morgan fingerprint density at radius 3 is 2.56 bits per heavy atom. The van der Waals surface area contributed by atoms with Gasteiger partial charge in [0.25, 0.3) is 0 Å². The molecule has 0 spiro atoms. The lowest BCUT2D eigenvalue weighted by atomic mass is 9.94. The minimum Gasteiger partial charge on any atom is -0.385 e. The minimum absolute atomic E-state index is 0.0137. The summed E-state index contributed by atoms with van der Waals surface area (Å²) in [6, 6.07) is 0. The zero-order chi connectivity index (χ0) is 18.4. The van der Waals surface area contributed by atoms with Crippen LogP contribution in [0.1, 0.15) is 36.3 Å². The van der Waals surface area contributed by atoms with Crippen LogP contribution in [0.2, 0.25) is 0 Å². The monoisotopic (exact) mass is 351 g/mol. The molecule has 2 heterocycles. The first-order valence-electron chi connectivity index (χ1n) is 8.84. The van der Waals surface area contributed by atoms with Gasteiger partial charge in [0.15, 0.2) is 0 Å². The summed E-state index contributed by atoms with van der Waals surface area (Å²) in [4.78, 5) is 28.2. The average molecular weight is 351 g/mol. The fourth-order valence-corrected chi connectivity index (χ4v) is 3.19. The SMILES string of the molecule is COCCC1CCN(C(=O)CN(C)C(=O)Cc2c(C)noc2C)CC1. The summed E-state index contributed by atoms with van der Waals surface area (Å²) < 4.78 is 10.2. The highest BCUT2D eigenvalue weighted by molar-refractivity contribution is 5.85. The Morgan fingerprint density at radius 1 is 1.32 bits per heavy atom. The molecule has 0 bridgehead atoms. The van der Waals surface area contributed by atoms with Crippen molar-refractivity contribution >= 4 is 11.8 Å². The Labute approximate surface area is 149 Å². The summed E-state index contributed by atoms with van der Waals surface area (Å²) in [5.41, 5.74) is 1.53. The largest absolute Gasteiger partial charge is 0.385 e. The Balaban J connectivity index is 1.79. The Kier molecular flexibility index (Phi) is 6.99. The summed E-state index contributed by atoms with van der Waals surface area (Å²) in [7, 11) is 3.39. The maximum atomic E-state index is 12.4. The maximum absolute atomic E-state index is 12.4. The second-order valence-electron chi connectivity index (χ2n) is 6.83. The summed E-state index contributed by atoms with van der Waals surface area (Å²) in [6.07, 6.45) is 3.27. The lowest BCUT2D eigenvalue weighted by molar-refractivity contribution is -0.140. The zero-order valence-corrected chi connectivity index (χ0v) is 15.7. The van der Waals surface area contributed by atoms with E-state index < -0.39 is 0 Å². The summed E-state index contributed by atoms with van der Waals surface area (Å²) in [5, 5.41) is 3.86. The lowest BCUT2D eigenvalue weighted by Crippen LogP contribution is -2.45. The van der Waals surface area contributed by atoms with E-state index in [9.17, 15) is 9.59 Å². The molecule has 0 aromatic carbocycles. The lowest BCUT2D eigenvalue weighted by Gasteiger charge is -2.33. The van der Waals surface area contributed by atoms with Crippen LogP contribution in [-0.4, -0.2) is 67.2 Å². The fraction of sp³-hybridized carbons (Fsp3) is 0.722. The third-order valence-corrected chi connectivity index (χ3v) is 5.00. The van der Waals surface area contributed by atoms with E-state index in [4.69, 9.17) is 9.26 Å². The molecule has 0 aliphatic carbocycles. The number of rotatable bonds is 7. The molecule has 2 amide bonds. The molecule has 0 saturated carbocycles. The third-order valence-electron chi connectivity index (χ3n) is 5.00. The van der Waals surface area contributed by atoms with Gasteiger partial charge in [-0.1, -0.05) is 5.16 Å². The first-order chi connectivity index (χ1) is 11.9. The van der Waals surface area contributed by atoms with E-state index >= 15 is 0 Å². The van der Waals surface area contributed by atoms with Gasteiger partial charge in [-0.15, -0.1) is 0 Å². The molecule has 7 nitrogen and oxygen atoms in total. The molecule has 25 heavy (non-hydrogen) atoms. The second kappa shape index (κ2) is 8.99. The molecule has 7 heteroatoms. The Morgan fingerprint density at radius 2 is 2.00 bits per heavy atom. The van der Waals surface area contributed by atoms with Gasteiger partial charge in [0.2, 0.25) is 11.8 Å². The van der Waals surface area contributed by atoms with E-state index in [-0.39, 0.29) is 24.8 Å². The van der Waals surface area contributed by atoms with E-state index in [1.54, 1.807) is 21.1 Å². The van der Waals surface area contributed by atoms with Crippen molar-refractivity contribution < 1.29 is 18.8 Å². The number of methoxy groups -OCH3 is 1. The van der Waals surface area contributed by atoms with E-state index in [2.05, 4.69) is 5.16 Å². The first-order valence-corrected chi connectivity index (χ1v) is 8.84. The topological polar surface area (TPSA) is 75.9 Å². The van der Waals surface area contributed by atoms with Gasteiger partial charge < -0.3 is 19.1 Å². The van der Waals surface area contributed by atoms with Crippen molar-refractivity contribution in [3.8, 4) is 0 Å². The number of piperidine rings is 1. The number of amides is 2. The van der Waals surface area contributed by atoms with Crippen molar-refractivity contribution in [2.75, 3.05) is 40.4 Å². The third kappa shape index (κ3) is 5.29. The van der Waals surface area contributed by atoms with Crippen LogP contribution in [0.15, 0.2) is 4.52 Å². The minimum atomic E-state index is -0.0993. The van der Waals surface area contributed by atoms with Crippen LogP contribution in [0.3, 0.4) is 0 Å². The number of hydrogen-bond acceptors (Lipinski definition) is 5. The number of hydrogen-bond donors (Lipinski definition) is 0. The number of ether oxygens (including phenoxy) is 1. The summed E-state index contributed by atoms with van der Waals surface area (Å²) >= 11 is 0. The maximum Gasteiger partial charge on any atom is 0.242 e. The molecular weight excluding hydrogens is 322 g/mol. The van der Waals surface area contributed by atoms with Crippen LogP contribution in [-0.2, 0) is 20.7 Å². The molecule has 1 saturated heterocycles. The van der Waals surface area contributed by atoms with E-state index in [1.807, 2.05) is 11.8 Å².